The largest absolute Gasteiger partial charge is 0.508 e. The van der Waals surface area contributed by atoms with Crippen molar-refractivity contribution in [2.24, 2.45) is 17.2 Å². The van der Waals surface area contributed by atoms with E-state index in [9.17, 15) is 24.6 Å². The Labute approximate surface area is 226 Å². The lowest BCUT2D eigenvalue weighted by atomic mass is 9.95. The summed E-state index contributed by atoms with van der Waals surface area (Å²) in [5.74, 6) is -1.81. The van der Waals surface area contributed by atoms with Crippen LogP contribution in [0.15, 0.2) is 36.4 Å². The van der Waals surface area contributed by atoms with Crippen LogP contribution in [0.5, 0.6) is 11.5 Å². The van der Waals surface area contributed by atoms with Gasteiger partial charge in [0.1, 0.15) is 23.6 Å². The second-order valence-corrected chi connectivity index (χ2v) is 9.78. The highest BCUT2D eigenvalue weighted by molar-refractivity contribution is 5.93. The predicted octanol–water partition coefficient (Wildman–Crippen LogP) is -1.27. The number of carbonyl (C=O) groups excluding carboxylic acids is 3. The number of phenolic OH excluding ortho intramolecular Hbond substituents is 2. The number of hydrogen-bond donors (Lipinski definition) is 9. The van der Waals surface area contributed by atoms with Crippen molar-refractivity contribution < 1.29 is 29.7 Å². The molecule has 0 saturated heterocycles. The van der Waals surface area contributed by atoms with Crippen LogP contribution >= 0.6 is 0 Å². The van der Waals surface area contributed by atoms with E-state index in [1.807, 2.05) is 0 Å². The molecule has 3 rings (SSSR count). The molecule has 1 aliphatic heterocycles. The van der Waals surface area contributed by atoms with Crippen LogP contribution < -0.4 is 33.2 Å². The summed E-state index contributed by atoms with van der Waals surface area (Å²) in [6.45, 7) is 0.208. The minimum absolute atomic E-state index is 0.0166. The maximum absolute atomic E-state index is 13.3. The fourth-order valence-corrected chi connectivity index (χ4v) is 4.35. The number of hydrogen-bond acceptors (Lipinski definition) is 9. The molecule has 0 fully saturated rings. The van der Waals surface area contributed by atoms with Crippen molar-refractivity contribution >= 4 is 17.7 Å². The zero-order chi connectivity index (χ0) is 28.5. The standard InChI is InChI=1S/C27H38N6O6/c28-8-1-2-21-27(39)33-22(26(38)31-9-7-19(29)14-34)13-18-11-16(4-6-24(18)36)15-3-5-23(35)17(10-15)12-20(30)25(37)32-21/h3-6,10-11,19-22,34-36H,1-2,7-9,12-14,28-30H2,(H,31,38)(H,32,37)(H,33,39)/t19?,20-,21-,22-/m0/s1. The molecule has 2 aromatic carbocycles. The molecule has 1 aliphatic rings. The van der Waals surface area contributed by atoms with Gasteiger partial charge in [0.25, 0.3) is 0 Å². The van der Waals surface area contributed by atoms with Gasteiger partial charge in [-0.3, -0.25) is 14.4 Å². The molecular formula is C27H38N6O6. The molecule has 0 aromatic heterocycles. The average Bonchev–Trinajstić information content (AvgIpc) is 2.92. The molecule has 12 heteroatoms. The van der Waals surface area contributed by atoms with Crippen LogP contribution in [0.1, 0.15) is 30.4 Å². The molecule has 0 spiro atoms. The lowest BCUT2D eigenvalue weighted by Gasteiger charge is -2.24. The van der Waals surface area contributed by atoms with Crippen LogP contribution in [0, 0.1) is 0 Å². The third kappa shape index (κ3) is 8.14. The van der Waals surface area contributed by atoms with Crippen molar-refractivity contribution in [3.05, 3.63) is 47.5 Å². The van der Waals surface area contributed by atoms with Crippen LogP contribution in [0.2, 0.25) is 0 Å². The Morgan fingerprint density at radius 2 is 1.62 bits per heavy atom. The Bertz CT molecular complexity index is 1180. The van der Waals surface area contributed by atoms with Crippen LogP contribution in [-0.2, 0) is 27.2 Å². The van der Waals surface area contributed by atoms with E-state index in [2.05, 4.69) is 16.0 Å². The number of amides is 3. The van der Waals surface area contributed by atoms with Gasteiger partial charge in [0.15, 0.2) is 0 Å². The molecule has 3 amide bonds. The zero-order valence-corrected chi connectivity index (χ0v) is 21.7. The van der Waals surface area contributed by atoms with Crippen LogP contribution in [0.25, 0.3) is 11.1 Å². The van der Waals surface area contributed by atoms with Gasteiger partial charge in [0, 0.05) is 25.4 Å². The monoisotopic (exact) mass is 542 g/mol. The van der Waals surface area contributed by atoms with Gasteiger partial charge >= 0.3 is 0 Å². The van der Waals surface area contributed by atoms with E-state index in [0.717, 1.165) is 0 Å². The molecule has 0 aliphatic carbocycles. The van der Waals surface area contributed by atoms with E-state index in [0.29, 0.717) is 35.1 Å². The Kier molecular flexibility index (Phi) is 10.6. The van der Waals surface area contributed by atoms with Gasteiger partial charge in [-0.1, -0.05) is 12.1 Å². The minimum atomic E-state index is -1.10. The van der Waals surface area contributed by atoms with E-state index < -0.39 is 41.9 Å². The van der Waals surface area contributed by atoms with Crippen molar-refractivity contribution in [1.29, 1.82) is 0 Å². The second-order valence-electron chi connectivity index (χ2n) is 9.78. The normalized spacial score (nSPS) is 20.7. The summed E-state index contributed by atoms with van der Waals surface area (Å²) in [6, 6.07) is 6.10. The summed E-state index contributed by atoms with van der Waals surface area (Å²) in [5, 5.41) is 38.2. The molecule has 12 N–H and O–H groups in total. The fraction of sp³-hybridized carbons (Fsp3) is 0.444. The van der Waals surface area contributed by atoms with E-state index >= 15 is 0 Å². The second kappa shape index (κ2) is 13.9. The number of nitrogens with one attached hydrogen (secondary N) is 3. The summed E-state index contributed by atoms with van der Waals surface area (Å²) < 4.78 is 0. The number of aliphatic hydroxyl groups is 1. The quantitative estimate of drug-likeness (QED) is 0.193. The van der Waals surface area contributed by atoms with Crippen molar-refractivity contribution in [1.82, 2.24) is 16.0 Å². The Hall–Kier alpha value is -3.71. The third-order valence-electron chi connectivity index (χ3n) is 6.70. The highest BCUT2D eigenvalue weighted by Crippen LogP contribution is 2.30. The first-order chi connectivity index (χ1) is 18.6. The predicted molar refractivity (Wildman–Crippen MR) is 145 cm³/mol. The number of rotatable bonds is 8. The maximum Gasteiger partial charge on any atom is 0.243 e. The molecule has 12 nitrogen and oxygen atoms in total. The number of aliphatic hydroxyl groups excluding tert-OH is 1. The van der Waals surface area contributed by atoms with Gasteiger partial charge in [-0.2, -0.15) is 0 Å². The lowest BCUT2D eigenvalue weighted by molar-refractivity contribution is -0.132. The van der Waals surface area contributed by atoms with E-state index in [-0.39, 0.29) is 50.5 Å². The zero-order valence-electron chi connectivity index (χ0n) is 21.7. The smallest absolute Gasteiger partial charge is 0.243 e. The van der Waals surface area contributed by atoms with Gasteiger partial charge in [0.2, 0.25) is 17.7 Å². The SMILES string of the molecule is NCCC[C@@H]1NC(=O)[C@@H](N)Cc2cc(ccc2O)-c2ccc(O)c(c2)C[C@@H](C(=O)NCCC(N)CO)NC1=O. The first-order valence-corrected chi connectivity index (χ1v) is 13.0. The van der Waals surface area contributed by atoms with Gasteiger partial charge in [-0.05, 0) is 72.3 Å². The first-order valence-electron chi connectivity index (χ1n) is 13.0. The van der Waals surface area contributed by atoms with Crippen LogP contribution in [0.3, 0.4) is 0 Å². The first kappa shape index (κ1) is 29.8. The number of fused-ring (bicyclic) bond motifs is 5. The number of phenols is 2. The topological polar surface area (TPSA) is 226 Å². The summed E-state index contributed by atoms with van der Waals surface area (Å²) in [4.78, 5) is 39.4. The molecule has 2 aromatic rings. The van der Waals surface area contributed by atoms with Crippen molar-refractivity contribution in [2.45, 2.75) is 56.3 Å². The molecule has 0 saturated carbocycles. The maximum atomic E-state index is 13.3. The highest BCUT2D eigenvalue weighted by atomic mass is 16.3. The number of nitrogens with two attached hydrogens (primary N) is 3. The molecule has 0 radical (unpaired) electrons. The van der Waals surface area contributed by atoms with Gasteiger partial charge in [-0.15, -0.1) is 0 Å². The number of benzene rings is 2. The molecule has 4 atom stereocenters. The third-order valence-corrected chi connectivity index (χ3v) is 6.70. The molecule has 1 heterocycles. The van der Waals surface area contributed by atoms with Gasteiger partial charge in [-0.25, -0.2) is 0 Å². The Morgan fingerprint density at radius 3 is 2.21 bits per heavy atom. The van der Waals surface area contributed by atoms with Crippen LogP contribution in [0.4, 0.5) is 0 Å². The van der Waals surface area contributed by atoms with Gasteiger partial charge in [0.05, 0.1) is 12.6 Å². The minimum Gasteiger partial charge on any atom is -0.508 e. The number of aromatic hydroxyl groups is 2. The molecule has 4 bridgehead atoms. The van der Waals surface area contributed by atoms with Crippen molar-refractivity contribution in [3.8, 4) is 22.6 Å². The molecular weight excluding hydrogens is 504 g/mol. The average molecular weight is 543 g/mol. The Morgan fingerprint density at radius 1 is 1.00 bits per heavy atom. The van der Waals surface area contributed by atoms with Crippen molar-refractivity contribution in [2.75, 3.05) is 19.7 Å². The molecule has 1 unspecified atom stereocenters. The Balaban J connectivity index is 2.02. The highest BCUT2D eigenvalue weighted by Gasteiger charge is 2.29. The summed E-state index contributed by atoms with van der Waals surface area (Å²) in [6.07, 6.45) is 0.922. The summed E-state index contributed by atoms with van der Waals surface area (Å²) in [5.41, 5.74) is 19.8. The molecule has 212 valence electrons. The lowest BCUT2D eigenvalue weighted by Crippen LogP contribution is -2.56. The number of carbonyl (C=O) groups is 3. The summed E-state index contributed by atoms with van der Waals surface area (Å²) >= 11 is 0. The van der Waals surface area contributed by atoms with E-state index in [1.54, 1.807) is 24.3 Å². The van der Waals surface area contributed by atoms with Gasteiger partial charge < -0.3 is 48.5 Å². The van der Waals surface area contributed by atoms with E-state index in [1.165, 1.54) is 12.1 Å². The van der Waals surface area contributed by atoms with Crippen molar-refractivity contribution in [3.63, 3.8) is 0 Å². The van der Waals surface area contributed by atoms with E-state index in [4.69, 9.17) is 22.3 Å². The summed E-state index contributed by atoms with van der Waals surface area (Å²) in [7, 11) is 0. The molecule has 39 heavy (non-hydrogen) atoms. The van der Waals surface area contributed by atoms with Crippen LogP contribution in [-0.4, -0.2) is 76.9 Å². The fourth-order valence-electron chi connectivity index (χ4n) is 4.35.